The van der Waals surface area contributed by atoms with Crippen LogP contribution in [0.4, 0.5) is 13.2 Å². The number of imidazole rings is 2. The summed E-state index contributed by atoms with van der Waals surface area (Å²) in [5.74, 6) is 0.878. The van der Waals surface area contributed by atoms with E-state index in [2.05, 4.69) is 22.4 Å². The van der Waals surface area contributed by atoms with Crippen LogP contribution in [0.5, 0.6) is 0 Å². The minimum atomic E-state index is -4.52. The highest BCUT2D eigenvalue weighted by Crippen LogP contribution is 2.37. The molecule has 0 aliphatic heterocycles. The Morgan fingerprint density at radius 3 is 2.29 bits per heavy atom. The molecule has 1 saturated carbocycles. The zero-order chi connectivity index (χ0) is 21.9. The highest BCUT2D eigenvalue weighted by molar-refractivity contribution is 5.85. The van der Waals surface area contributed by atoms with Crippen molar-refractivity contribution in [3.63, 3.8) is 0 Å². The number of nitrogens with one attached hydrogen (secondary N) is 1. The molecule has 7 heteroatoms. The second kappa shape index (κ2) is 7.12. The lowest BCUT2D eigenvalue weighted by atomic mass is 10.0. The van der Waals surface area contributed by atoms with Crippen LogP contribution in [0.1, 0.15) is 40.9 Å². The molecule has 0 spiro atoms. The van der Waals surface area contributed by atoms with Crippen LogP contribution in [-0.2, 0) is 12.7 Å². The SMILES string of the molecule is Cc1cc(C)c(-n2c3ccccc3n3c(CNCC4CC4)c(C(F)(F)F)nc23)c(C)c1. The summed E-state index contributed by atoms with van der Waals surface area (Å²) in [6, 6.07) is 11.7. The lowest BCUT2D eigenvalue weighted by molar-refractivity contribution is -0.141. The molecule has 31 heavy (non-hydrogen) atoms. The first-order valence-corrected chi connectivity index (χ1v) is 10.6. The van der Waals surface area contributed by atoms with Crippen LogP contribution < -0.4 is 5.32 Å². The summed E-state index contributed by atoms with van der Waals surface area (Å²) in [5, 5.41) is 3.23. The van der Waals surface area contributed by atoms with E-state index >= 15 is 0 Å². The van der Waals surface area contributed by atoms with Crippen LogP contribution in [0, 0.1) is 26.7 Å². The van der Waals surface area contributed by atoms with E-state index in [9.17, 15) is 13.2 Å². The highest BCUT2D eigenvalue weighted by Gasteiger charge is 2.39. The zero-order valence-electron chi connectivity index (χ0n) is 17.8. The predicted molar refractivity (Wildman–Crippen MR) is 116 cm³/mol. The van der Waals surface area contributed by atoms with Crippen molar-refractivity contribution >= 4 is 16.8 Å². The molecule has 1 aliphatic carbocycles. The Morgan fingerprint density at radius 2 is 1.68 bits per heavy atom. The summed E-state index contributed by atoms with van der Waals surface area (Å²) in [6.07, 6.45) is -2.23. The lowest BCUT2D eigenvalue weighted by Gasteiger charge is -2.14. The van der Waals surface area contributed by atoms with Crippen LogP contribution in [0.25, 0.3) is 22.5 Å². The maximum absolute atomic E-state index is 14.0. The van der Waals surface area contributed by atoms with Crippen molar-refractivity contribution in [2.24, 2.45) is 5.92 Å². The van der Waals surface area contributed by atoms with Crippen LogP contribution in [0.15, 0.2) is 36.4 Å². The summed E-state index contributed by atoms with van der Waals surface area (Å²) in [5.41, 5.74) is 4.94. The van der Waals surface area contributed by atoms with Gasteiger partial charge in [-0.1, -0.05) is 29.8 Å². The first-order valence-electron chi connectivity index (χ1n) is 10.6. The number of aryl methyl sites for hydroxylation is 3. The molecule has 2 aromatic heterocycles. The number of fused-ring (bicyclic) bond motifs is 3. The molecule has 0 amide bonds. The molecular formula is C24H25F3N4. The number of aromatic nitrogens is 3. The van der Waals surface area contributed by atoms with Gasteiger partial charge in [0.2, 0.25) is 5.78 Å². The zero-order valence-corrected chi connectivity index (χ0v) is 17.8. The van der Waals surface area contributed by atoms with Gasteiger partial charge in [0.15, 0.2) is 5.69 Å². The lowest BCUT2D eigenvalue weighted by Crippen LogP contribution is -2.20. The van der Waals surface area contributed by atoms with Gasteiger partial charge in [-0.15, -0.1) is 0 Å². The Morgan fingerprint density at radius 1 is 1.03 bits per heavy atom. The Hall–Kier alpha value is -2.80. The van der Waals surface area contributed by atoms with Gasteiger partial charge < -0.3 is 5.32 Å². The fourth-order valence-electron chi connectivity index (χ4n) is 4.65. The molecule has 0 bridgehead atoms. The van der Waals surface area contributed by atoms with Crippen molar-refractivity contribution in [1.29, 1.82) is 0 Å². The molecule has 1 aliphatic rings. The molecule has 0 saturated heterocycles. The minimum Gasteiger partial charge on any atom is -0.311 e. The first-order chi connectivity index (χ1) is 14.8. The van der Waals surface area contributed by atoms with Crippen molar-refractivity contribution in [3.8, 4) is 5.69 Å². The summed E-state index contributed by atoms with van der Waals surface area (Å²) in [4.78, 5) is 4.18. The molecule has 0 radical (unpaired) electrons. The number of hydrogen-bond donors (Lipinski definition) is 1. The molecular weight excluding hydrogens is 401 g/mol. The van der Waals surface area contributed by atoms with E-state index in [1.54, 1.807) is 4.40 Å². The third-order valence-electron chi connectivity index (χ3n) is 6.07. The fraction of sp³-hybridized carbons (Fsp3) is 0.375. The number of alkyl halides is 3. The van der Waals surface area contributed by atoms with Crippen molar-refractivity contribution in [1.82, 2.24) is 19.3 Å². The molecule has 4 aromatic rings. The van der Waals surface area contributed by atoms with Gasteiger partial charge in [0, 0.05) is 6.54 Å². The van der Waals surface area contributed by atoms with Gasteiger partial charge in [0.25, 0.3) is 0 Å². The van der Waals surface area contributed by atoms with Crippen molar-refractivity contribution in [2.75, 3.05) is 6.54 Å². The maximum atomic E-state index is 14.0. The van der Waals surface area contributed by atoms with Gasteiger partial charge in [-0.3, -0.25) is 8.97 Å². The molecule has 5 rings (SSSR count). The average molecular weight is 426 g/mol. The minimum absolute atomic E-state index is 0.131. The van der Waals surface area contributed by atoms with Crippen LogP contribution in [-0.4, -0.2) is 20.5 Å². The Labute approximate surface area is 178 Å². The van der Waals surface area contributed by atoms with E-state index in [4.69, 9.17) is 0 Å². The normalized spacial score (nSPS) is 14.8. The van der Waals surface area contributed by atoms with E-state index in [1.807, 2.05) is 49.6 Å². The van der Waals surface area contributed by atoms with Crippen LogP contribution in [0.3, 0.4) is 0 Å². The second-order valence-electron chi connectivity index (χ2n) is 8.69. The fourth-order valence-corrected chi connectivity index (χ4v) is 4.65. The van der Waals surface area contributed by atoms with Crippen LogP contribution in [0.2, 0.25) is 0 Å². The van der Waals surface area contributed by atoms with E-state index in [0.717, 1.165) is 52.8 Å². The van der Waals surface area contributed by atoms with Gasteiger partial charge in [-0.25, -0.2) is 4.98 Å². The van der Waals surface area contributed by atoms with Gasteiger partial charge in [0.1, 0.15) is 0 Å². The van der Waals surface area contributed by atoms with E-state index in [0.29, 0.717) is 11.7 Å². The largest absolute Gasteiger partial charge is 0.435 e. The summed E-state index contributed by atoms with van der Waals surface area (Å²) < 4.78 is 45.5. The predicted octanol–water partition coefficient (Wildman–Crippen LogP) is 5.72. The summed E-state index contributed by atoms with van der Waals surface area (Å²) >= 11 is 0. The quantitative estimate of drug-likeness (QED) is 0.443. The maximum Gasteiger partial charge on any atom is 0.435 e. The van der Waals surface area contributed by atoms with Crippen molar-refractivity contribution < 1.29 is 13.2 Å². The average Bonchev–Trinajstić information content (AvgIpc) is 3.34. The number of nitrogens with zero attached hydrogens (tertiary/aromatic N) is 3. The standard InChI is InChI=1S/C24H25F3N4/c1-14-10-15(2)21(16(3)11-14)31-19-7-5-4-6-18(19)30-20(13-28-12-17-8-9-17)22(24(25,26)27)29-23(30)31/h4-7,10-11,17,28H,8-9,12-13H2,1-3H3. The first kappa shape index (κ1) is 20.1. The molecule has 0 atom stereocenters. The van der Waals surface area contributed by atoms with Crippen molar-refractivity contribution in [2.45, 2.75) is 46.3 Å². The third-order valence-corrected chi connectivity index (χ3v) is 6.07. The number of halogens is 3. The van der Waals surface area contributed by atoms with Gasteiger partial charge in [-0.2, -0.15) is 13.2 Å². The molecule has 1 fully saturated rings. The molecule has 2 aromatic carbocycles. The number of hydrogen-bond acceptors (Lipinski definition) is 2. The summed E-state index contributed by atoms with van der Waals surface area (Å²) in [7, 11) is 0. The Bertz CT molecular complexity index is 1270. The number of para-hydroxylation sites is 2. The Balaban J connectivity index is 1.81. The van der Waals surface area contributed by atoms with Gasteiger partial charge in [0.05, 0.1) is 22.4 Å². The molecule has 4 nitrogen and oxygen atoms in total. The van der Waals surface area contributed by atoms with Crippen molar-refractivity contribution in [3.05, 3.63) is 64.5 Å². The third kappa shape index (κ3) is 3.41. The molecule has 0 unspecified atom stereocenters. The molecule has 162 valence electrons. The number of rotatable bonds is 5. The number of benzene rings is 2. The van der Waals surface area contributed by atoms with Gasteiger partial charge in [-0.05, 0) is 69.3 Å². The topological polar surface area (TPSA) is 34.3 Å². The molecule has 1 N–H and O–H groups in total. The highest BCUT2D eigenvalue weighted by atomic mass is 19.4. The van der Waals surface area contributed by atoms with Gasteiger partial charge >= 0.3 is 6.18 Å². The molecule has 2 heterocycles. The van der Waals surface area contributed by atoms with E-state index in [-0.39, 0.29) is 12.2 Å². The van der Waals surface area contributed by atoms with E-state index in [1.165, 1.54) is 0 Å². The second-order valence-corrected chi connectivity index (χ2v) is 8.69. The van der Waals surface area contributed by atoms with Crippen LogP contribution >= 0.6 is 0 Å². The van der Waals surface area contributed by atoms with E-state index < -0.39 is 11.9 Å². The monoisotopic (exact) mass is 426 g/mol. The Kier molecular flexibility index (Phi) is 4.62. The smallest absolute Gasteiger partial charge is 0.311 e. The summed E-state index contributed by atoms with van der Waals surface area (Å²) in [6.45, 7) is 6.87.